The summed E-state index contributed by atoms with van der Waals surface area (Å²) in [5.74, 6) is 2.62. The van der Waals surface area contributed by atoms with E-state index in [-0.39, 0.29) is 0 Å². The van der Waals surface area contributed by atoms with Gasteiger partial charge in [0.25, 0.3) is 0 Å². The van der Waals surface area contributed by atoms with Crippen molar-refractivity contribution in [1.29, 1.82) is 0 Å². The predicted molar refractivity (Wildman–Crippen MR) is 89.3 cm³/mol. The highest BCUT2D eigenvalue weighted by Crippen LogP contribution is 2.24. The molecule has 3 heterocycles. The van der Waals surface area contributed by atoms with Crippen LogP contribution in [0.5, 0.6) is 0 Å². The van der Waals surface area contributed by atoms with Gasteiger partial charge >= 0.3 is 0 Å². The molecule has 22 heavy (non-hydrogen) atoms. The second-order valence-electron chi connectivity index (χ2n) is 6.07. The number of aromatic nitrogens is 3. The fourth-order valence-corrected chi connectivity index (χ4v) is 2.91. The van der Waals surface area contributed by atoms with Crippen LogP contribution in [0.1, 0.15) is 23.5 Å². The van der Waals surface area contributed by atoms with Crippen molar-refractivity contribution in [3.05, 3.63) is 41.5 Å². The summed E-state index contributed by atoms with van der Waals surface area (Å²) >= 11 is 0. The Kier molecular flexibility index (Phi) is 4.22. The minimum absolute atomic E-state index is 0.615. The molecule has 1 fully saturated rings. The van der Waals surface area contributed by atoms with Gasteiger partial charge in [0, 0.05) is 31.5 Å². The van der Waals surface area contributed by atoms with Gasteiger partial charge in [-0.25, -0.2) is 9.97 Å². The van der Waals surface area contributed by atoms with Crippen molar-refractivity contribution < 1.29 is 0 Å². The minimum Gasteiger partial charge on any atom is -0.370 e. The number of hydrogen-bond donors (Lipinski definition) is 1. The maximum absolute atomic E-state index is 4.65. The molecular formula is C17H23N5. The highest BCUT2D eigenvalue weighted by atomic mass is 15.2. The lowest BCUT2D eigenvalue weighted by atomic mass is 10.1. The third kappa shape index (κ3) is 3.35. The van der Waals surface area contributed by atoms with Crippen LogP contribution in [-0.2, 0) is 0 Å². The van der Waals surface area contributed by atoms with Crippen molar-refractivity contribution in [2.75, 3.05) is 29.9 Å². The largest absolute Gasteiger partial charge is 0.370 e. The van der Waals surface area contributed by atoms with Crippen LogP contribution < -0.4 is 10.2 Å². The third-order valence-electron chi connectivity index (χ3n) is 4.10. The predicted octanol–water partition coefficient (Wildman–Crippen LogP) is 2.74. The maximum Gasteiger partial charge on any atom is 0.150 e. The molecule has 1 aliphatic heterocycles. The molecule has 2 aromatic rings. The van der Waals surface area contributed by atoms with Gasteiger partial charge in [-0.05, 0) is 45.2 Å². The standard InChI is InChI=1S/C17H23N5/c1-12-5-4-6-16(20-12)19-10-15-7-8-22(11-15)17-14(3)18-9-13(2)21-17/h4-6,9,15H,7-8,10-11H2,1-3H3,(H,19,20). The van der Waals surface area contributed by atoms with E-state index in [1.54, 1.807) is 0 Å². The van der Waals surface area contributed by atoms with Crippen molar-refractivity contribution in [2.45, 2.75) is 27.2 Å². The molecule has 116 valence electrons. The fraction of sp³-hybridized carbons (Fsp3) is 0.471. The van der Waals surface area contributed by atoms with E-state index in [1.807, 2.05) is 45.2 Å². The van der Waals surface area contributed by atoms with Gasteiger partial charge in [-0.1, -0.05) is 6.07 Å². The normalized spacial score (nSPS) is 17.8. The van der Waals surface area contributed by atoms with E-state index in [1.165, 1.54) is 6.42 Å². The number of anilines is 2. The first kappa shape index (κ1) is 14.8. The van der Waals surface area contributed by atoms with Crippen LogP contribution in [0, 0.1) is 26.7 Å². The first-order chi connectivity index (χ1) is 10.6. The molecule has 3 rings (SSSR count). The van der Waals surface area contributed by atoms with Gasteiger partial charge in [-0.3, -0.25) is 4.98 Å². The van der Waals surface area contributed by atoms with Crippen LogP contribution >= 0.6 is 0 Å². The van der Waals surface area contributed by atoms with E-state index in [0.29, 0.717) is 5.92 Å². The van der Waals surface area contributed by atoms with Gasteiger partial charge in [0.15, 0.2) is 0 Å². The molecule has 0 saturated carbocycles. The average Bonchev–Trinajstić information content (AvgIpc) is 2.96. The highest BCUT2D eigenvalue weighted by molar-refractivity contribution is 5.44. The molecule has 0 spiro atoms. The molecule has 1 unspecified atom stereocenters. The van der Waals surface area contributed by atoms with Crippen molar-refractivity contribution in [3.8, 4) is 0 Å². The smallest absolute Gasteiger partial charge is 0.150 e. The molecular weight excluding hydrogens is 274 g/mol. The molecule has 1 atom stereocenters. The molecule has 0 bridgehead atoms. The van der Waals surface area contributed by atoms with Crippen molar-refractivity contribution in [2.24, 2.45) is 5.92 Å². The summed E-state index contributed by atoms with van der Waals surface area (Å²) in [4.78, 5) is 15.9. The molecule has 1 saturated heterocycles. The van der Waals surface area contributed by atoms with E-state index >= 15 is 0 Å². The Morgan fingerprint density at radius 2 is 2.05 bits per heavy atom. The number of pyridine rings is 1. The molecule has 0 amide bonds. The SMILES string of the molecule is Cc1cccc(NCC2CCN(c3nc(C)cnc3C)C2)n1. The Labute approximate surface area is 131 Å². The maximum atomic E-state index is 4.65. The Morgan fingerprint density at radius 1 is 1.18 bits per heavy atom. The van der Waals surface area contributed by atoms with Gasteiger partial charge in [-0.15, -0.1) is 0 Å². The monoisotopic (exact) mass is 297 g/mol. The molecule has 1 N–H and O–H groups in total. The average molecular weight is 297 g/mol. The minimum atomic E-state index is 0.615. The Morgan fingerprint density at radius 3 is 2.86 bits per heavy atom. The number of hydrogen-bond acceptors (Lipinski definition) is 5. The van der Waals surface area contributed by atoms with Gasteiger partial charge in [0.1, 0.15) is 11.6 Å². The molecule has 5 heteroatoms. The van der Waals surface area contributed by atoms with Crippen LogP contribution in [0.3, 0.4) is 0 Å². The first-order valence-electron chi connectivity index (χ1n) is 7.84. The van der Waals surface area contributed by atoms with Gasteiger partial charge in [-0.2, -0.15) is 0 Å². The Balaban J connectivity index is 1.59. The van der Waals surface area contributed by atoms with E-state index in [4.69, 9.17) is 0 Å². The Bertz CT molecular complexity index is 655. The van der Waals surface area contributed by atoms with Crippen LogP contribution in [0.15, 0.2) is 24.4 Å². The lowest BCUT2D eigenvalue weighted by molar-refractivity contribution is 0.620. The topological polar surface area (TPSA) is 53.9 Å². The van der Waals surface area contributed by atoms with Gasteiger partial charge in [0.2, 0.25) is 0 Å². The van der Waals surface area contributed by atoms with Gasteiger partial charge in [0.05, 0.1) is 11.4 Å². The number of nitrogens with zero attached hydrogens (tertiary/aromatic N) is 4. The van der Waals surface area contributed by atoms with Gasteiger partial charge < -0.3 is 10.2 Å². The summed E-state index contributed by atoms with van der Waals surface area (Å²) in [7, 11) is 0. The van der Waals surface area contributed by atoms with E-state index in [9.17, 15) is 0 Å². The van der Waals surface area contributed by atoms with Crippen molar-refractivity contribution in [3.63, 3.8) is 0 Å². The lowest BCUT2D eigenvalue weighted by Gasteiger charge is -2.19. The first-order valence-corrected chi connectivity index (χ1v) is 7.84. The second-order valence-corrected chi connectivity index (χ2v) is 6.07. The summed E-state index contributed by atoms with van der Waals surface area (Å²) in [6.07, 6.45) is 3.01. The lowest BCUT2D eigenvalue weighted by Crippen LogP contribution is -2.24. The van der Waals surface area contributed by atoms with E-state index in [2.05, 4.69) is 25.2 Å². The quantitative estimate of drug-likeness (QED) is 0.940. The fourth-order valence-electron chi connectivity index (χ4n) is 2.91. The van der Waals surface area contributed by atoms with Crippen LogP contribution in [0.2, 0.25) is 0 Å². The highest BCUT2D eigenvalue weighted by Gasteiger charge is 2.24. The number of nitrogens with one attached hydrogen (secondary N) is 1. The summed E-state index contributed by atoms with van der Waals surface area (Å²) in [5.41, 5.74) is 3.04. The van der Waals surface area contributed by atoms with E-state index < -0.39 is 0 Å². The molecule has 0 aliphatic carbocycles. The van der Waals surface area contributed by atoms with Crippen LogP contribution in [-0.4, -0.2) is 34.6 Å². The zero-order chi connectivity index (χ0) is 15.5. The second kappa shape index (κ2) is 6.30. The summed E-state index contributed by atoms with van der Waals surface area (Å²) in [5, 5.41) is 3.45. The molecule has 0 aromatic carbocycles. The molecule has 5 nitrogen and oxygen atoms in total. The molecule has 0 radical (unpaired) electrons. The van der Waals surface area contributed by atoms with Crippen molar-refractivity contribution in [1.82, 2.24) is 15.0 Å². The van der Waals surface area contributed by atoms with Crippen LogP contribution in [0.4, 0.5) is 11.6 Å². The summed E-state index contributed by atoms with van der Waals surface area (Å²) < 4.78 is 0. The summed E-state index contributed by atoms with van der Waals surface area (Å²) in [6, 6.07) is 6.08. The van der Waals surface area contributed by atoms with Crippen LogP contribution in [0.25, 0.3) is 0 Å². The number of aryl methyl sites for hydroxylation is 3. The molecule has 1 aliphatic rings. The third-order valence-corrected chi connectivity index (χ3v) is 4.10. The number of rotatable bonds is 4. The van der Waals surface area contributed by atoms with Crippen molar-refractivity contribution >= 4 is 11.6 Å². The van der Waals surface area contributed by atoms with E-state index in [0.717, 1.165) is 48.4 Å². The zero-order valence-corrected chi connectivity index (χ0v) is 13.5. The summed E-state index contributed by atoms with van der Waals surface area (Å²) in [6.45, 7) is 9.07. The molecule has 2 aromatic heterocycles. The zero-order valence-electron chi connectivity index (χ0n) is 13.5. The Hall–Kier alpha value is -2.17.